The maximum Gasteiger partial charge on any atom is 0.326 e. The van der Waals surface area contributed by atoms with Crippen LogP contribution >= 0.6 is 0 Å². The van der Waals surface area contributed by atoms with Gasteiger partial charge in [-0.2, -0.15) is 0 Å². The van der Waals surface area contributed by atoms with Crippen molar-refractivity contribution in [3.8, 4) is 0 Å². The molecular formula is C41H56N2O7. The highest BCUT2D eigenvalue weighted by Crippen LogP contribution is 2.75. The molecule has 4 saturated carbocycles. The van der Waals surface area contributed by atoms with Crippen LogP contribution in [0.5, 0.6) is 0 Å². The first-order valence-electron chi connectivity index (χ1n) is 18.8. The number of aromatic nitrogens is 1. The van der Waals surface area contributed by atoms with Gasteiger partial charge in [-0.1, -0.05) is 58.4 Å². The molecule has 9 nitrogen and oxygen atoms in total. The first-order chi connectivity index (χ1) is 23.4. The fourth-order valence-electron chi connectivity index (χ4n) is 12.8. The summed E-state index contributed by atoms with van der Waals surface area (Å²) in [6.45, 7) is 12.3. The quantitative estimate of drug-likeness (QED) is 0.232. The maximum absolute atomic E-state index is 14.8. The molecule has 0 spiro atoms. The van der Waals surface area contributed by atoms with Crippen LogP contribution in [0.15, 0.2) is 42.1 Å². The summed E-state index contributed by atoms with van der Waals surface area (Å²) in [7, 11) is 0. The van der Waals surface area contributed by atoms with Gasteiger partial charge in [-0.3, -0.25) is 9.59 Å². The summed E-state index contributed by atoms with van der Waals surface area (Å²) in [5.41, 5.74) is -1.96. The maximum atomic E-state index is 14.8. The Labute approximate surface area is 295 Å². The summed E-state index contributed by atoms with van der Waals surface area (Å²) >= 11 is 0. The van der Waals surface area contributed by atoms with Gasteiger partial charge in [0.15, 0.2) is 5.78 Å². The third-order valence-electron chi connectivity index (χ3n) is 16.1. The first kappa shape index (κ1) is 35.4. The number of carbonyl (C=O) groups is 3. The SMILES string of the molecule is C[C@@H]1CC[C@]2(C(=O)NC(Cc3c[nH]c4ccccc34)C(=O)O)CC[C@]3(C)C(=CC(=O)[C@@H]4[C@@]5(C)CC[C@H](O)[C@](C)(CO)[C@@H]5CC[C@]43C)[C@@H]2[C@]1(C)O. The van der Waals surface area contributed by atoms with Gasteiger partial charge in [0.1, 0.15) is 6.04 Å². The molecule has 5 aliphatic carbocycles. The smallest absolute Gasteiger partial charge is 0.326 e. The lowest BCUT2D eigenvalue weighted by molar-refractivity contribution is -0.219. The minimum absolute atomic E-state index is 0.0110. The third-order valence-corrected chi connectivity index (χ3v) is 16.1. The van der Waals surface area contributed by atoms with Gasteiger partial charge >= 0.3 is 5.97 Å². The van der Waals surface area contributed by atoms with E-state index in [2.05, 4.69) is 31.1 Å². The molecule has 0 saturated heterocycles. The van der Waals surface area contributed by atoms with E-state index in [1.807, 2.05) is 45.0 Å². The Bertz CT molecular complexity index is 1760. The Morgan fingerprint density at radius 2 is 1.70 bits per heavy atom. The van der Waals surface area contributed by atoms with Crippen molar-refractivity contribution in [3.63, 3.8) is 0 Å². The van der Waals surface area contributed by atoms with E-state index in [9.17, 15) is 34.8 Å². The van der Waals surface area contributed by atoms with Gasteiger partial charge in [0.25, 0.3) is 0 Å². The number of carboxylic acids is 1. The molecule has 272 valence electrons. The molecule has 0 radical (unpaired) electrons. The topological polar surface area (TPSA) is 160 Å². The number of rotatable bonds is 6. The second kappa shape index (κ2) is 11.5. The summed E-state index contributed by atoms with van der Waals surface area (Å²) in [5, 5.41) is 48.4. The number of nitrogens with one attached hydrogen (secondary N) is 2. The van der Waals surface area contributed by atoms with Gasteiger partial charge in [-0.15, -0.1) is 0 Å². The highest BCUT2D eigenvalue weighted by Gasteiger charge is 2.73. The zero-order valence-electron chi connectivity index (χ0n) is 30.5. The molecule has 0 bridgehead atoms. The zero-order valence-corrected chi connectivity index (χ0v) is 30.5. The number of fused-ring (bicyclic) bond motifs is 8. The molecule has 1 unspecified atom stereocenters. The van der Waals surface area contributed by atoms with Gasteiger partial charge in [0.2, 0.25) is 5.91 Å². The molecule has 1 aromatic carbocycles. The Kier molecular flexibility index (Phi) is 8.14. The first-order valence-corrected chi connectivity index (χ1v) is 18.8. The second-order valence-corrected chi connectivity index (χ2v) is 18.2. The standard InChI is InChI=1S/C41H56N2O7/c1-23-11-16-41(35(49)43-28(34(47)48)19-24-21-42-27-10-8-7-9-25(24)27)18-17-38(4)26(32(41)40(23,6)50)20-29(45)33-36(2)14-13-31(46)37(3,22-44)30(36)12-15-39(33,38)5/h7-10,20-21,23,28,30-33,42,44,46,50H,11-19,22H2,1-6H3,(H,43,49)(H,47,48)/t23-,28?,30-,31+,32-,33-,36+,37-,38-,39-,40-,41+/m1/s1. The van der Waals surface area contributed by atoms with E-state index in [-0.39, 0.29) is 42.5 Å². The molecule has 1 aromatic heterocycles. The summed E-state index contributed by atoms with van der Waals surface area (Å²) in [6.07, 6.45) is 7.99. The molecular weight excluding hydrogens is 632 g/mol. The molecule has 1 heterocycles. The van der Waals surface area contributed by atoms with E-state index >= 15 is 0 Å². The van der Waals surface area contributed by atoms with E-state index in [4.69, 9.17) is 0 Å². The Balaban J connectivity index is 1.29. The van der Waals surface area contributed by atoms with Crippen LogP contribution in [0.25, 0.3) is 10.9 Å². The predicted molar refractivity (Wildman–Crippen MR) is 190 cm³/mol. The fourth-order valence-corrected chi connectivity index (χ4v) is 12.8. The highest BCUT2D eigenvalue weighted by molar-refractivity contribution is 5.97. The highest BCUT2D eigenvalue weighted by atomic mass is 16.4. The lowest BCUT2D eigenvalue weighted by Gasteiger charge is -2.71. The van der Waals surface area contributed by atoms with Crippen molar-refractivity contribution in [1.82, 2.24) is 10.3 Å². The van der Waals surface area contributed by atoms with Crippen LogP contribution in [0.1, 0.15) is 98.5 Å². The number of amides is 1. The number of aliphatic hydroxyl groups excluding tert-OH is 2. The molecule has 6 N–H and O–H groups in total. The average Bonchev–Trinajstić information content (AvgIpc) is 3.47. The largest absolute Gasteiger partial charge is 0.480 e. The van der Waals surface area contributed by atoms with Crippen molar-refractivity contribution >= 4 is 28.6 Å². The van der Waals surface area contributed by atoms with Crippen LogP contribution in [0, 0.1) is 50.7 Å². The number of hydrogen-bond donors (Lipinski definition) is 6. The summed E-state index contributed by atoms with van der Waals surface area (Å²) < 4.78 is 0. The molecule has 50 heavy (non-hydrogen) atoms. The van der Waals surface area contributed by atoms with Gasteiger partial charge in [0, 0.05) is 40.8 Å². The number of hydrogen-bond acceptors (Lipinski definition) is 6. The van der Waals surface area contributed by atoms with Crippen molar-refractivity contribution in [2.45, 2.75) is 117 Å². The second-order valence-electron chi connectivity index (χ2n) is 18.2. The van der Waals surface area contributed by atoms with Crippen LogP contribution in [-0.4, -0.2) is 67.4 Å². The molecule has 4 fully saturated rings. The van der Waals surface area contributed by atoms with Crippen molar-refractivity contribution in [2.75, 3.05) is 6.61 Å². The predicted octanol–water partition coefficient (Wildman–Crippen LogP) is 5.56. The van der Waals surface area contributed by atoms with Crippen LogP contribution in [0.4, 0.5) is 0 Å². The number of ketones is 1. The van der Waals surface area contributed by atoms with Gasteiger partial charge < -0.3 is 30.7 Å². The van der Waals surface area contributed by atoms with E-state index in [1.165, 1.54) is 0 Å². The zero-order chi connectivity index (χ0) is 36.2. The fraction of sp³-hybridized carbons (Fsp3) is 0.683. The van der Waals surface area contributed by atoms with Crippen molar-refractivity contribution in [2.24, 2.45) is 50.7 Å². The Morgan fingerprint density at radius 3 is 2.40 bits per heavy atom. The average molecular weight is 689 g/mol. The molecule has 12 atom stereocenters. The molecule has 0 aliphatic heterocycles. The number of aromatic amines is 1. The number of aliphatic carboxylic acids is 1. The minimum atomic E-state index is -1.31. The minimum Gasteiger partial charge on any atom is -0.480 e. The van der Waals surface area contributed by atoms with E-state index < -0.39 is 56.7 Å². The number of carboxylic acid groups (broad SMARTS) is 1. The van der Waals surface area contributed by atoms with Gasteiger partial charge in [0.05, 0.1) is 23.7 Å². The van der Waals surface area contributed by atoms with Gasteiger partial charge in [-0.25, -0.2) is 4.79 Å². The van der Waals surface area contributed by atoms with Crippen molar-refractivity contribution in [3.05, 3.63) is 47.7 Å². The Hall–Kier alpha value is -3.01. The number of aliphatic hydroxyl groups is 3. The number of allylic oxidation sites excluding steroid dienone is 1. The van der Waals surface area contributed by atoms with E-state index in [0.29, 0.717) is 38.5 Å². The molecule has 2 aromatic rings. The summed E-state index contributed by atoms with van der Waals surface area (Å²) in [6, 6.07) is 6.52. The van der Waals surface area contributed by atoms with Crippen LogP contribution < -0.4 is 5.32 Å². The number of benzene rings is 1. The van der Waals surface area contributed by atoms with Crippen LogP contribution in [0.2, 0.25) is 0 Å². The van der Waals surface area contributed by atoms with Crippen LogP contribution in [0.3, 0.4) is 0 Å². The van der Waals surface area contributed by atoms with Crippen LogP contribution in [-0.2, 0) is 20.8 Å². The van der Waals surface area contributed by atoms with Crippen molar-refractivity contribution < 1.29 is 34.8 Å². The number of para-hydroxylation sites is 1. The monoisotopic (exact) mass is 688 g/mol. The molecule has 9 heteroatoms. The lowest BCUT2D eigenvalue weighted by atomic mass is 9.32. The Morgan fingerprint density at radius 1 is 0.980 bits per heavy atom. The molecule has 5 aliphatic rings. The number of carbonyl (C=O) groups excluding carboxylic acids is 2. The van der Waals surface area contributed by atoms with Gasteiger partial charge in [-0.05, 0) is 104 Å². The summed E-state index contributed by atoms with van der Waals surface area (Å²) in [5.74, 6) is -2.63. The molecule has 1 amide bonds. The van der Waals surface area contributed by atoms with E-state index in [0.717, 1.165) is 34.9 Å². The third kappa shape index (κ3) is 4.57. The van der Waals surface area contributed by atoms with Crippen molar-refractivity contribution in [1.29, 1.82) is 0 Å². The normalized spacial score (nSPS) is 44.6. The lowest BCUT2D eigenvalue weighted by Crippen LogP contribution is -2.70. The summed E-state index contributed by atoms with van der Waals surface area (Å²) in [4.78, 5) is 45.5. The van der Waals surface area contributed by atoms with E-state index in [1.54, 1.807) is 12.3 Å². The molecule has 7 rings (SSSR count). The number of H-pyrrole nitrogens is 1.